The molecule has 0 unspecified atom stereocenters. The van der Waals surface area contributed by atoms with E-state index < -0.39 is 20.2 Å². The van der Waals surface area contributed by atoms with E-state index in [1.807, 2.05) is 107 Å². The molecular weight excluding hydrogens is 641 g/mol. The minimum absolute atomic E-state index is 0. The van der Waals surface area contributed by atoms with Crippen LogP contribution in [0.2, 0.25) is 0 Å². The number of phenolic OH excluding ortho intramolecular Hbond substituents is 2. The van der Waals surface area contributed by atoms with E-state index in [4.69, 9.17) is 0 Å². The first-order chi connectivity index (χ1) is 19.4. The van der Waals surface area contributed by atoms with Crippen LogP contribution in [0.3, 0.4) is 0 Å². The average molecular weight is 695 g/mol. The fraction of sp³-hybridized carbons (Fsp3) is 0.647. The Balaban J connectivity index is 0.000000842. The Morgan fingerprint density at radius 2 is 0.711 bits per heavy atom. The van der Waals surface area contributed by atoms with Gasteiger partial charge in [0.25, 0.3) is 0 Å². The largest absolute Gasteiger partial charge is 2.00 e. The number of rotatable bonds is 8. The molecule has 11 heteroatoms. The van der Waals surface area contributed by atoms with E-state index in [-0.39, 0.29) is 70.9 Å². The van der Waals surface area contributed by atoms with E-state index in [2.05, 4.69) is 0 Å². The third kappa shape index (κ3) is 15.3. The molecule has 0 aromatic heterocycles. The molecule has 8 nitrogen and oxygen atoms in total. The van der Waals surface area contributed by atoms with Crippen molar-refractivity contribution in [3.8, 4) is 11.5 Å². The van der Waals surface area contributed by atoms with Gasteiger partial charge in [0.2, 0.25) is 0 Å². The van der Waals surface area contributed by atoms with Crippen LogP contribution in [0.1, 0.15) is 129 Å². The maximum absolute atomic E-state index is 10.7. The third-order valence-corrected chi connectivity index (χ3v) is 8.87. The molecule has 2 aromatic carbocycles. The van der Waals surface area contributed by atoms with E-state index in [0.29, 0.717) is 37.2 Å². The zero-order chi connectivity index (χ0) is 34.7. The summed E-state index contributed by atoms with van der Waals surface area (Å²) in [5.41, 5.74) is 4.43. The molecule has 0 bridgehead atoms. The number of benzene rings is 2. The Bertz CT molecular complexity index is 1320. The van der Waals surface area contributed by atoms with Crippen LogP contribution in [0.4, 0.5) is 0 Å². The van der Waals surface area contributed by atoms with Crippen molar-refractivity contribution in [3.05, 3.63) is 57.6 Å². The molecule has 252 valence electrons. The third-order valence-electron chi connectivity index (χ3n) is 7.29. The molecule has 0 saturated heterocycles. The van der Waals surface area contributed by atoms with Gasteiger partial charge >= 0.3 is 37.7 Å². The van der Waals surface area contributed by atoms with Gasteiger partial charge in [0.15, 0.2) is 0 Å². The summed E-state index contributed by atoms with van der Waals surface area (Å²) in [6, 6.07) is 7.67. The van der Waals surface area contributed by atoms with E-state index >= 15 is 0 Å². The molecular formula is C34H54CaO8S2. The van der Waals surface area contributed by atoms with Gasteiger partial charge in [-0.05, 0) is 80.7 Å². The molecule has 0 saturated carbocycles. The summed E-state index contributed by atoms with van der Waals surface area (Å²) >= 11 is 0. The Morgan fingerprint density at radius 1 is 0.511 bits per heavy atom. The van der Waals surface area contributed by atoms with Crippen molar-refractivity contribution < 1.29 is 36.2 Å². The summed E-state index contributed by atoms with van der Waals surface area (Å²) in [5.74, 6) is -0.104. The van der Waals surface area contributed by atoms with Crippen LogP contribution in [0.5, 0.6) is 11.5 Å². The average Bonchev–Trinajstić information content (AvgIpc) is 2.76. The number of aryl methyl sites for hydroxylation is 2. The first kappa shape index (κ1) is 44.1. The SMILES string of the molecule is CC(C)(C)c1cc(CCCS(=O)(=O)[O-])cc(C(C)(C)C)c1O.CC(C)(C)c1cc(CCCS(=O)(=O)[O-])cc(C(C)(C)C)c1O.[Ca+2]. The number of phenols is 2. The predicted octanol–water partition coefficient (Wildman–Crippen LogP) is 6.55. The van der Waals surface area contributed by atoms with Crippen LogP contribution in [0, 0.1) is 0 Å². The van der Waals surface area contributed by atoms with Crippen molar-refractivity contribution in [2.45, 2.75) is 130 Å². The molecule has 2 aromatic rings. The number of aromatic hydroxyl groups is 2. The zero-order valence-electron chi connectivity index (χ0n) is 29.4. The van der Waals surface area contributed by atoms with Crippen LogP contribution in [0.25, 0.3) is 0 Å². The van der Waals surface area contributed by atoms with E-state index in [9.17, 15) is 36.2 Å². The normalized spacial score (nSPS) is 13.1. The summed E-state index contributed by atoms with van der Waals surface area (Å²) < 4.78 is 64.4. The summed E-state index contributed by atoms with van der Waals surface area (Å²) in [7, 11) is -8.36. The fourth-order valence-electron chi connectivity index (χ4n) is 4.87. The number of hydrogen-bond acceptors (Lipinski definition) is 8. The van der Waals surface area contributed by atoms with E-state index in [1.54, 1.807) is 0 Å². The second-order valence-corrected chi connectivity index (χ2v) is 18.9. The van der Waals surface area contributed by atoms with Gasteiger partial charge in [-0.2, -0.15) is 0 Å². The van der Waals surface area contributed by atoms with E-state index in [0.717, 1.165) is 33.4 Å². The van der Waals surface area contributed by atoms with Gasteiger partial charge in [-0.25, -0.2) is 16.8 Å². The summed E-state index contributed by atoms with van der Waals surface area (Å²) in [6.07, 6.45) is 1.61. The molecule has 0 aliphatic heterocycles. The van der Waals surface area contributed by atoms with Crippen LogP contribution < -0.4 is 0 Å². The molecule has 0 spiro atoms. The van der Waals surface area contributed by atoms with Crippen LogP contribution in [0.15, 0.2) is 24.3 Å². The maximum Gasteiger partial charge on any atom is 2.00 e. The standard InChI is InChI=1S/2C17H28O4S.Ca/c2*1-16(2,3)13-10-12(8-7-9-22(19,20)21)11-14(15(13)18)17(4,5)6;/h2*10-11,18H,7-9H2,1-6H3,(H,19,20,21);/q;;+2/p-2. The van der Waals surface area contributed by atoms with Crippen molar-refractivity contribution in [3.63, 3.8) is 0 Å². The van der Waals surface area contributed by atoms with Crippen LogP contribution in [-0.4, -0.2) is 85.4 Å². The Morgan fingerprint density at radius 3 is 0.867 bits per heavy atom. The van der Waals surface area contributed by atoms with Crippen molar-refractivity contribution >= 4 is 58.0 Å². The van der Waals surface area contributed by atoms with Gasteiger partial charge in [0.1, 0.15) is 11.5 Å². The Hall–Kier alpha value is -0.880. The van der Waals surface area contributed by atoms with Crippen molar-refractivity contribution in [1.82, 2.24) is 0 Å². The second-order valence-electron chi connectivity index (χ2n) is 15.8. The quantitative estimate of drug-likeness (QED) is 0.233. The maximum atomic E-state index is 10.7. The molecule has 0 aliphatic carbocycles. The zero-order valence-corrected chi connectivity index (χ0v) is 33.3. The Labute approximate surface area is 302 Å². The van der Waals surface area contributed by atoms with Gasteiger partial charge in [-0.3, -0.25) is 0 Å². The van der Waals surface area contributed by atoms with Crippen molar-refractivity contribution in [1.29, 1.82) is 0 Å². The summed E-state index contributed by atoms with van der Waals surface area (Å²) in [5, 5.41) is 21.2. The van der Waals surface area contributed by atoms with Gasteiger partial charge < -0.3 is 19.3 Å². The molecule has 2 rings (SSSR count). The monoisotopic (exact) mass is 694 g/mol. The molecule has 0 heterocycles. The second kappa shape index (κ2) is 16.0. The molecule has 0 fully saturated rings. The van der Waals surface area contributed by atoms with Crippen LogP contribution >= 0.6 is 0 Å². The van der Waals surface area contributed by atoms with Crippen LogP contribution in [-0.2, 0) is 54.7 Å². The molecule has 0 atom stereocenters. The molecule has 0 aliphatic rings. The molecule has 2 N–H and O–H groups in total. The van der Waals surface area contributed by atoms with E-state index in [1.165, 1.54) is 0 Å². The summed E-state index contributed by atoms with van der Waals surface area (Å²) in [4.78, 5) is 0. The smallest absolute Gasteiger partial charge is 0.748 e. The minimum atomic E-state index is -4.18. The Kier molecular flexibility index (Phi) is 15.7. The van der Waals surface area contributed by atoms with Gasteiger partial charge in [0, 0.05) is 11.5 Å². The van der Waals surface area contributed by atoms with Gasteiger partial charge in [-0.15, -0.1) is 0 Å². The molecule has 45 heavy (non-hydrogen) atoms. The van der Waals surface area contributed by atoms with Gasteiger partial charge in [0.05, 0.1) is 20.2 Å². The first-order valence-electron chi connectivity index (χ1n) is 15.0. The minimum Gasteiger partial charge on any atom is -0.748 e. The molecule has 0 radical (unpaired) electrons. The summed E-state index contributed by atoms with van der Waals surface area (Å²) in [6.45, 7) is 24.3. The predicted molar refractivity (Wildman–Crippen MR) is 183 cm³/mol. The molecule has 0 amide bonds. The number of hydrogen-bond donors (Lipinski definition) is 2. The topological polar surface area (TPSA) is 155 Å². The first-order valence-corrected chi connectivity index (χ1v) is 18.2. The van der Waals surface area contributed by atoms with Gasteiger partial charge in [-0.1, -0.05) is 107 Å². The van der Waals surface area contributed by atoms with Crippen molar-refractivity contribution in [2.75, 3.05) is 11.5 Å². The van der Waals surface area contributed by atoms with Crippen molar-refractivity contribution in [2.24, 2.45) is 0 Å². The fourth-order valence-corrected chi connectivity index (χ4v) is 5.87.